The number of fused-ring (bicyclic) bond motifs is 1. The first-order valence-corrected chi connectivity index (χ1v) is 6.23. The van der Waals surface area contributed by atoms with Crippen molar-refractivity contribution >= 4 is 34.0 Å². The molecule has 1 N–H and O–H groups in total. The minimum absolute atomic E-state index is 0.200. The Hall–Kier alpha value is -2.78. The highest BCUT2D eigenvalue weighted by Crippen LogP contribution is 2.34. The molecular weight excluding hydrogens is 342 g/mol. The molecule has 0 aliphatic carbocycles. The molecule has 0 spiro atoms. The summed E-state index contributed by atoms with van der Waals surface area (Å²) >= 11 is 0. The summed E-state index contributed by atoms with van der Waals surface area (Å²) in [6.45, 7) is 0. The summed E-state index contributed by atoms with van der Waals surface area (Å²) < 4.78 is 74.1. The highest BCUT2D eigenvalue weighted by Gasteiger charge is 2.39. The van der Waals surface area contributed by atoms with Gasteiger partial charge in [0.2, 0.25) is 0 Å². The Bertz CT molecular complexity index is 806. The molecular formula is C14H7F6N2O2-. The zero-order valence-corrected chi connectivity index (χ0v) is 11.5. The Morgan fingerprint density at radius 1 is 0.958 bits per heavy atom. The van der Waals surface area contributed by atoms with Gasteiger partial charge in [-0.1, -0.05) is 24.3 Å². The van der Waals surface area contributed by atoms with Gasteiger partial charge in [0.15, 0.2) is 0 Å². The number of nitrogens with one attached hydrogen (secondary N) is 1. The smallest absolute Gasteiger partial charge is 0.471 e. The van der Waals surface area contributed by atoms with Crippen LogP contribution in [-0.2, 0) is 4.79 Å². The SMILES string of the molecule is O=C(Nc1cccc2cccc(N=C([O-])C(F)(F)F)c12)C(F)(F)F. The number of carbonyl (C=O) groups excluding carboxylic acids is 1. The fourth-order valence-corrected chi connectivity index (χ4v) is 1.88. The van der Waals surface area contributed by atoms with Crippen molar-refractivity contribution in [1.29, 1.82) is 0 Å². The number of hydrogen-bond donors (Lipinski definition) is 1. The Morgan fingerprint density at radius 3 is 2.08 bits per heavy atom. The highest BCUT2D eigenvalue weighted by atomic mass is 19.4. The van der Waals surface area contributed by atoms with Gasteiger partial charge in [0.1, 0.15) is 0 Å². The van der Waals surface area contributed by atoms with Crippen molar-refractivity contribution in [2.45, 2.75) is 12.4 Å². The van der Waals surface area contributed by atoms with E-state index in [1.54, 1.807) is 5.32 Å². The lowest BCUT2D eigenvalue weighted by Gasteiger charge is -2.16. The van der Waals surface area contributed by atoms with Gasteiger partial charge >= 0.3 is 18.3 Å². The number of hydrogen-bond acceptors (Lipinski definition) is 3. The molecule has 1 amide bonds. The van der Waals surface area contributed by atoms with Gasteiger partial charge in [0.25, 0.3) is 0 Å². The van der Waals surface area contributed by atoms with E-state index in [9.17, 15) is 36.2 Å². The number of nitrogens with zero attached hydrogens (tertiary/aromatic N) is 1. The predicted molar refractivity (Wildman–Crippen MR) is 71.8 cm³/mol. The van der Waals surface area contributed by atoms with Crippen LogP contribution in [0.25, 0.3) is 10.8 Å². The molecule has 128 valence electrons. The van der Waals surface area contributed by atoms with E-state index in [1.807, 2.05) is 0 Å². The normalized spacial score (nSPS) is 13.2. The molecule has 0 heterocycles. The lowest BCUT2D eigenvalue weighted by Crippen LogP contribution is -2.34. The summed E-state index contributed by atoms with van der Waals surface area (Å²) in [6.07, 6.45) is -10.4. The second-order valence-electron chi connectivity index (χ2n) is 4.55. The van der Waals surface area contributed by atoms with E-state index in [1.165, 1.54) is 24.3 Å². The standard InChI is InChI=1S/C14H8F6N2O2/c15-13(16,17)11(23)21-8-5-1-3-7-4-2-6-9(10(7)8)22-12(24)14(18,19)20/h1-6H,(H,21,23)(H,22,24)/p-1. The van der Waals surface area contributed by atoms with Gasteiger partial charge in [-0.2, -0.15) is 26.3 Å². The third-order valence-electron chi connectivity index (χ3n) is 2.85. The number of amides is 1. The first-order chi connectivity index (χ1) is 11.0. The second-order valence-corrected chi connectivity index (χ2v) is 4.55. The van der Waals surface area contributed by atoms with Gasteiger partial charge in [-0.25, -0.2) is 0 Å². The maximum absolute atomic E-state index is 12.4. The van der Waals surface area contributed by atoms with E-state index >= 15 is 0 Å². The van der Waals surface area contributed by atoms with Crippen LogP contribution in [0.15, 0.2) is 41.4 Å². The molecule has 0 unspecified atom stereocenters. The molecule has 10 heteroatoms. The molecule has 0 saturated carbocycles. The summed E-state index contributed by atoms with van der Waals surface area (Å²) in [7, 11) is 0. The Kier molecular flexibility index (Phi) is 4.41. The van der Waals surface area contributed by atoms with Gasteiger partial charge in [0, 0.05) is 5.39 Å². The summed E-state index contributed by atoms with van der Waals surface area (Å²) in [4.78, 5) is 13.9. The molecule has 2 aromatic rings. The maximum Gasteiger partial charge on any atom is 0.471 e. The van der Waals surface area contributed by atoms with E-state index < -0.39 is 35.5 Å². The fraction of sp³-hybridized carbons (Fsp3) is 0.143. The number of alkyl halides is 6. The average Bonchev–Trinajstić information content (AvgIpc) is 2.45. The fourth-order valence-electron chi connectivity index (χ4n) is 1.88. The topological polar surface area (TPSA) is 64.5 Å². The molecule has 0 radical (unpaired) electrons. The largest absolute Gasteiger partial charge is 0.855 e. The van der Waals surface area contributed by atoms with Crippen LogP contribution in [0, 0.1) is 0 Å². The molecule has 0 aliphatic rings. The molecule has 2 rings (SSSR count). The van der Waals surface area contributed by atoms with Crippen LogP contribution in [0.1, 0.15) is 0 Å². The lowest BCUT2D eigenvalue weighted by atomic mass is 10.1. The van der Waals surface area contributed by atoms with Crippen molar-refractivity contribution in [3.63, 3.8) is 0 Å². The summed E-state index contributed by atoms with van der Waals surface area (Å²) in [5.74, 6) is -4.71. The molecule has 2 aromatic carbocycles. The number of benzene rings is 2. The average molecular weight is 349 g/mol. The van der Waals surface area contributed by atoms with E-state index in [4.69, 9.17) is 0 Å². The molecule has 4 nitrogen and oxygen atoms in total. The number of rotatable bonds is 2. The molecule has 0 saturated heterocycles. The third kappa shape index (κ3) is 3.76. The van der Waals surface area contributed by atoms with Crippen LogP contribution in [0.3, 0.4) is 0 Å². The minimum Gasteiger partial charge on any atom is -0.855 e. The van der Waals surface area contributed by atoms with Crippen molar-refractivity contribution in [3.05, 3.63) is 36.4 Å². The Labute approximate surface area is 130 Å². The minimum atomic E-state index is -5.23. The Balaban J connectivity index is 2.61. The molecule has 0 atom stereocenters. The van der Waals surface area contributed by atoms with Crippen LogP contribution in [-0.4, -0.2) is 24.2 Å². The zero-order chi connectivity index (χ0) is 18.1. The van der Waals surface area contributed by atoms with Crippen LogP contribution >= 0.6 is 0 Å². The molecule has 0 fully saturated rings. The zero-order valence-electron chi connectivity index (χ0n) is 11.5. The molecule has 0 aromatic heterocycles. The summed E-state index contributed by atoms with van der Waals surface area (Å²) in [5, 5.41) is 12.6. The summed E-state index contributed by atoms with van der Waals surface area (Å²) in [6, 6.07) is 7.42. The summed E-state index contributed by atoms with van der Waals surface area (Å²) in [5.41, 5.74) is -0.919. The van der Waals surface area contributed by atoms with Crippen molar-refractivity contribution in [3.8, 4) is 0 Å². The van der Waals surface area contributed by atoms with Crippen LogP contribution < -0.4 is 10.4 Å². The Morgan fingerprint density at radius 2 is 1.54 bits per heavy atom. The van der Waals surface area contributed by atoms with Gasteiger partial charge in [-0.15, -0.1) is 0 Å². The number of aliphatic imine (C=N–C) groups is 1. The van der Waals surface area contributed by atoms with E-state index in [0.29, 0.717) is 0 Å². The van der Waals surface area contributed by atoms with E-state index in [2.05, 4.69) is 4.99 Å². The number of carbonyl (C=O) groups is 1. The first-order valence-electron chi connectivity index (χ1n) is 6.23. The van der Waals surface area contributed by atoms with Gasteiger partial charge in [-0.05, 0) is 17.5 Å². The van der Waals surface area contributed by atoms with Gasteiger partial charge in [-0.3, -0.25) is 9.79 Å². The number of anilines is 1. The third-order valence-corrected chi connectivity index (χ3v) is 2.85. The van der Waals surface area contributed by atoms with Crippen LogP contribution in [0.4, 0.5) is 37.7 Å². The maximum atomic E-state index is 12.4. The van der Waals surface area contributed by atoms with Crippen molar-refractivity contribution in [2.24, 2.45) is 4.99 Å². The van der Waals surface area contributed by atoms with Crippen molar-refractivity contribution in [1.82, 2.24) is 0 Å². The lowest BCUT2D eigenvalue weighted by molar-refractivity contribution is -0.262. The van der Waals surface area contributed by atoms with Crippen LogP contribution in [0.2, 0.25) is 0 Å². The first kappa shape index (κ1) is 17.6. The van der Waals surface area contributed by atoms with E-state index in [-0.39, 0.29) is 10.8 Å². The quantitative estimate of drug-likeness (QED) is 0.514. The van der Waals surface area contributed by atoms with Crippen molar-refractivity contribution < 1.29 is 36.2 Å². The van der Waals surface area contributed by atoms with Crippen LogP contribution in [0.5, 0.6) is 0 Å². The molecule has 24 heavy (non-hydrogen) atoms. The molecule has 0 bridgehead atoms. The van der Waals surface area contributed by atoms with Gasteiger partial charge in [0.05, 0.1) is 17.3 Å². The van der Waals surface area contributed by atoms with E-state index in [0.717, 1.165) is 12.1 Å². The highest BCUT2D eigenvalue weighted by molar-refractivity contribution is 6.09. The molecule has 0 aliphatic heterocycles. The predicted octanol–water partition coefficient (Wildman–Crippen LogP) is 3.29. The van der Waals surface area contributed by atoms with Crippen molar-refractivity contribution in [2.75, 3.05) is 5.32 Å². The monoisotopic (exact) mass is 349 g/mol. The number of halogens is 6. The van der Waals surface area contributed by atoms with Gasteiger partial charge < -0.3 is 10.4 Å². The second kappa shape index (κ2) is 6.02.